The minimum absolute atomic E-state index is 0.0734. The van der Waals surface area contributed by atoms with E-state index in [9.17, 15) is 4.57 Å². The van der Waals surface area contributed by atoms with Crippen molar-refractivity contribution in [1.29, 1.82) is 0 Å². The summed E-state index contributed by atoms with van der Waals surface area (Å²) in [5, 5.41) is 0. The quantitative estimate of drug-likeness (QED) is 0.179. The topological polar surface area (TPSA) is 122 Å². The summed E-state index contributed by atoms with van der Waals surface area (Å²) in [4.78, 5) is 16.5. The van der Waals surface area contributed by atoms with Gasteiger partial charge in [-0.1, -0.05) is 0 Å². The van der Waals surface area contributed by atoms with Crippen molar-refractivity contribution in [3.63, 3.8) is 0 Å². The smallest absolute Gasteiger partial charge is 0.303 e. The Bertz CT molecular complexity index is 218. The molecule has 0 fully saturated rings. The molecule has 0 aliphatic rings. The van der Waals surface area contributed by atoms with E-state index in [4.69, 9.17) is 21.3 Å². The highest BCUT2D eigenvalue weighted by Gasteiger charge is 2.13. The van der Waals surface area contributed by atoms with Crippen molar-refractivity contribution in [2.24, 2.45) is 11.5 Å². The second-order valence-corrected chi connectivity index (χ2v) is 3.41. The molecule has 8 heteroatoms. The molecule has 0 amide bonds. The molecule has 0 aromatic rings. The van der Waals surface area contributed by atoms with Crippen molar-refractivity contribution in [2.75, 3.05) is 20.2 Å². The SMILES string of the molecule is C[N+](CCOP(=O)(O)O)=C(N)N. The Morgan fingerprint density at radius 1 is 1.58 bits per heavy atom. The van der Waals surface area contributed by atoms with Crippen LogP contribution in [-0.4, -0.2) is 40.5 Å². The molecule has 6 N–H and O–H groups in total. The fraction of sp³-hybridized carbons (Fsp3) is 0.750. The van der Waals surface area contributed by atoms with Gasteiger partial charge < -0.3 is 9.79 Å². The first-order valence-electron chi connectivity index (χ1n) is 3.12. The molecule has 72 valence electrons. The van der Waals surface area contributed by atoms with E-state index in [0.29, 0.717) is 0 Å². The number of likely N-dealkylation sites (N-methyl/N-ethyl adjacent to an activating group) is 1. The van der Waals surface area contributed by atoms with Gasteiger partial charge >= 0.3 is 13.8 Å². The maximum Gasteiger partial charge on any atom is 0.469 e. The minimum atomic E-state index is -4.37. The van der Waals surface area contributed by atoms with Gasteiger partial charge in [-0.25, -0.2) is 4.57 Å². The van der Waals surface area contributed by atoms with Crippen molar-refractivity contribution in [2.45, 2.75) is 0 Å². The van der Waals surface area contributed by atoms with Gasteiger partial charge in [-0.3, -0.25) is 20.6 Å². The summed E-state index contributed by atoms with van der Waals surface area (Å²) < 4.78 is 15.7. The molecule has 0 aromatic heterocycles. The lowest BCUT2D eigenvalue weighted by molar-refractivity contribution is -0.501. The summed E-state index contributed by atoms with van der Waals surface area (Å²) in [6.07, 6.45) is 0. The molecular formula is C4H13N3O4P+. The Morgan fingerprint density at radius 2 is 2.08 bits per heavy atom. The number of hydrogen-bond donors (Lipinski definition) is 4. The summed E-state index contributed by atoms with van der Waals surface area (Å²) in [6, 6.07) is 0. The van der Waals surface area contributed by atoms with Gasteiger partial charge in [0, 0.05) is 0 Å². The van der Waals surface area contributed by atoms with Crippen LogP contribution in [0.5, 0.6) is 0 Å². The molecule has 0 aromatic carbocycles. The van der Waals surface area contributed by atoms with E-state index in [1.165, 1.54) is 4.58 Å². The van der Waals surface area contributed by atoms with Crippen LogP contribution in [0.2, 0.25) is 0 Å². The number of phosphoric ester groups is 1. The van der Waals surface area contributed by atoms with Crippen LogP contribution in [0.4, 0.5) is 0 Å². The third-order valence-electron chi connectivity index (χ3n) is 1.13. The second kappa shape index (κ2) is 4.42. The zero-order valence-electron chi connectivity index (χ0n) is 6.67. The average Bonchev–Trinajstić information content (AvgIpc) is 1.84. The van der Waals surface area contributed by atoms with Crippen LogP contribution in [0.15, 0.2) is 0 Å². The molecule has 0 rings (SSSR count). The predicted octanol–water partition coefficient (Wildman–Crippen LogP) is -1.99. The molecule has 0 saturated heterocycles. The van der Waals surface area contributed by atoms with Crippen molar-refractivity contribution in [1.82, 2.24) is 0 Å². The summed E-state index contributed by atoms with van der Waals surface area (Å²) in [5.41, 5.74) is 10.3. The van der Waals surface area contributed by atoms with Gasteiger partial charge in [0.1, 0.15) is 0 Å². The Kier molecular flexibility index (Phi) is 4.19. The van der Waals surface area contributed by atoms with Gasteiger partial charge in [0.25, 0.3) is 0 Å². The summed E-state index contributed by atoms with van der Waals surface area (Å²) >= 11 is 0. The highest BCUT2D eigenvalue weighted by molar-refractivity contribution is 7.46. The average molecular weight is 198 g/mol. The van der Waals surface area contributed by atoms with Gasteiger partial charge in [-0.15, -0.1) is 0 Å². The molecular weight excluding hydrogens is 185 g/mol. The lowest BCUT2D eigenvalue weighted by atomic mass is 10.7. The van der Waals surface area contributed by atoms with Crippen LogP contribution in [0, 0.1) is 0 Å². The van der Waals surface area contributed by atoms with Crippen LogP contribution >= 0.6 is 7.82 Å². The zero-order valence-corrected chi connectivity index (χ0v) is 7.57. The van der Waals surface area contributed by atoms with Crippen LogP contribution in [0.3, 0.4) is 0 Å². The Hall–Kier alpha value is -0.620. The molecule has 0 bridgehead atoms. The molecule has 0 heterocycles. The molecule has 0 saturated carbocycles. The number of rotatable bonds is 4. The van der Waals surface area contributed by atoms with E-state index >= 15 is 0 Å². The molecule has 0 unspecified atom stereocenters. The molecule has 12 heavy (non-hydrogen) atoms. The number of guanidine groups is 1. The third-order valence-corrected chi connectivity index (χ3v) is 1.65. The van der Waals surface area contributed by atoms with Gasteiger partial charge in [-0.05, 0) is 0 Å². The van der Waals surface area contributed by atoms with Crippen LogP contribution in [0.1, 0.15) is 0 Å². The monoisotopic (exact) mass is 198 g/mol. The first kappa shape index (κ1) is 11.4. The summed E-state index contributed by atoms with van der Waals surface area (Å²) in [5.74, 6) is 0.0734. The lowest BCUT2D eigenvalue weighted by Crippen LogP contribution is -2.35. The van der Waals surface area contributed by atoms with Gasteiger partial charge in [0.15, 0.2) is 0 Å². The zero-order chi connectivity index (χ0) is 9.78. The number of phosphoric acid groups is 1. The molecule has 0 spiro atoms. The van der Waals surface area contributed by atoms with E-state index < -0.39 is 7.82 Å². The first-order valence-corrected chi connectivity index (χ1v) is 4.65. The number of nitrogens with two attached hydrogens (primary N) is 2. The normalized spacial score (nSPS) is 11.2. The van der Waals surface area contributed by atoms with Crippen molar-refractivity contribution >= 4 is 13.8 Å². The minimum Gasteiger partial charge on any atom is -0.303 e. The Balaban J connectivity index is 3.73. The van der Waals surface area contributed by atoms with Gasteiger partial charge in [0.2, 0.25) is 0 Å². The van der Waals surface area contributed by atoms with E-state index in [2.05, 4.69) is 4.52 Å². The van der Waals surface area contributed by atoms with Crippen LogP contribution < -0.4 is 11.5 Å². The molecule has 0 aliphatic heterocycles. The second-order valence-electron chi connectivity index (χ2n) is 2.17. The molecule has 0 aliphatic carbocycles. The van der Waals surface area contributed by atoms with Gasteiger partial charge in [-0.2, -0.15) is 0 Å². The first-order chi connectivity index (χ1) is 5.33. The van der Waals surface area contributed by atoms with Crippen molar-refractivity contribution < 1.29 is 23.5 Å². The predicted molar refractivity (Wildman–Crippen MR) is 42.4 cm³/mol. The van der Waals surface area contributed by atoms with E-state index in [-0.39, 0.29) is 19.1 Å². The largest absolute Gasteiger partial charge is 0.469 e. The van der Waals surface area contributed by atoms with E-state index in [1.54, 1.807) is 7.05 Å². The molecule has 0 radical (unpaired) electrons. The van der Waals surface area contributed by atoms with Crippen molar-refractivity contribution in [3.8, 4) is 0 Å². The third kappa shape index (κ3) is 6.11. The Labute approximate surface area is 69.9 Å². The molecule has 0 atom stereocenters. The standard InChI is InChI=1S/C4H12N3O4P/c1-7(4(5)6)2-3-11-12(8,9)10/h2-3H2,1H3,(H5,5,6,8,9,10)/p+1. The highest BCUT2D eigenvalue weighted by atomic mass is 31.2. The highest BCUT2D eigenvalue weighted by Crippen LogP contribution is 2.35. The van der Waals surface area contributed by atoms with Crippen LogP contribution in [0.25, 0.3) is 0 Å². The fourth-order valence-electron chi connectivity index (χ4n) is 0.426. The van der Waals surface area contributed by atoms with Crippen LogP contribution in [-0.2, 0) is 9.09 Å². The van der Waals surface area contributed by atoms with Gasteiger partial charge in [0.05, 0.1) is 20.2 Å². The summed E-state index contributed by atoms with van der Waals surface area (Å²) in [6.45, 7) is 0.103. The van der Waals surface area contributed by atoms with Crippen molar-refractivity contribution in [3.05, 3.63) is 0 Å². The number of hydrogen-bond acceptors (Lipinski definition) is 2. The lowest BCUT2D eigenvalue weighted by Gasteiger charge is -2.05. The number of nitrogens with zero attached hydrogens (tertiary/aromatic N) is 1. The summed E-state index contributed by atoms with van der Waals surface area (Å²) in [7, 11) is -2.79. The fourth-order valence-corrected chi connectivity index (χ4v) is 0.745. The maximum absolute atomic E-state index is 10.2. The maximum atomic E-state index is 10.2. The Morgan fingerprint density at radius 3 is 2.42 bits per heavy atom. The van der Waals surface area contributed by atoms with E-state index in [1.807, 2.05) is 0 Å². The van der Waals surface area contributed by atoms with E-state index in [0.717, 1.165) is 0 Å². The molecule has 7 nitrogen and oxygen atoms in total.